The van der Waals surface area contributed by atoms with Gasteiger partial charge in [0, 0.05) is 6.20 Å². The zero-order valence-electron chi connectivity index (χ0n) is 11.3. The van der Waals surface area contributed by atoms with Crippen molar-refractivity contribution in [1.82, 2.24) is 15.3 Å². The third-order valence-electron chi connectivity index (χ3n) is 2.95. The van der Waals surface area contributed by atoms with Crippen molar-refractivity contribution in [3.05, 3.63) is 54.1 Å². The minimum Gasteiger partial charge on any atom is -0.497 e. The Hall–Kier alpha value is -1.94. The molecule has 1 aromatic heterocycles. The molecule has 0 saturated carbocycles. The van der Waals surface area contributed by atoms with Crippen LogP contribution in [-0.2, 0) is 0 Å². The molecule has 2 aromatic rings. The molecule has 2 rings (SSSR count). The topological polar surface area (TPSA) is 47.0 Å². The number of nitrogens with one attached hydrogen (secondary N) is 1. The number of ether oxygens (including phenoxy) is 1. The summed E-state index contributed by atoms with van der Waals surface area (Å²) in [6.07, 6.45) is 4.43. The van der Waals surface area contributed by atoms with Crippen molar-refractivity contribution in [3.63, 3.8) is 0 Å². The van der Waals surface area contributed by atoms with Crippen LogP contribution in [0.15, 0.2) is 42.9 Å². The number of methoxy groups -OCH3 is 1. The fraction of sp³-hybridized carbons (Fsp3) is 0.333. The van der Waals surface area contributed by atoms with Gasteiger partial charge < -0.3 is 10.1 Å². The van der Waals surface area contributed by atoms with E-state index >= 15 is 0 Å². The summed E-state index contributed by atoms with van der Waals surface area (Å²) in [7, 11) is 1.67. The summed E-state index contributed by atoms with van der Waals surface area (Å²) in [6.45, 7) is 3.10. The summed E-state index contributed by atoms with van der Waals surface area (Å²) in [5.41, 5.74) is 2.15. The van der Waals surface area contributed by atoms with Crippen molar-refractivity contribution in [2.24, 2.45) is 0 Å². The van der Waals surface area contributed by atoms with Crippen molar-refractivity contribution < 1.29 is 4.74 Å². The number of hydrogen-bond donors (Lipinski definition) is 1. The van der Waals surface area contributed by atoms with Crippen molar-refractivity contribution >= 4 is 0 Å². The van der Waals surface area contributed by atoms with Crippen LogP contribution in [0.2, 0.25) is 0 Å². The number of benzene rings is 1. The van der Waals surface area contributed by atoms with Crippen LogP contribution in [0.5, 0.6) is 5.75 Å². The number of nitrogens with zero attached hydrogens (tertiary/aromatic N) is 2. The van der Waals surface area contributed by atoms with Gasteiger partial charge in [0.2, 0.25) is 0 Å². The Bertz CT molecular complexity index is 485. The van der Waals surface area contributed by atoms with Crippen molar-refractivity contribution in [2.75, 3.05) is 13.7 Å². The first kappa shape index (κ1) is 13.5. The van der Waals surface area contributed by atoms with E-state index in [0.717, 1.165) is 24.4 Å². The standard InChI is InChI=1S/C15H19N3O/c1-3-9-17-15(14-8-10-16-11-18-14)12-4-6-13(19-2)7-5-12/h4-8,10-11,15,17H,3,9H2,1-2H3. The lowest BCUT2D eigenvalue weighted by Crippen LogP contribution is -2.24. The first-order valence-electron chi connectivity index (χ1n) is 6.48. The number of hydrogen-bond acceptors (Lipinski definition) is 4. The molecule has 1 atom stereocenters. The molecule has 4 heteroatoms. The van der Waals surface area contributed by atoms with Crippen LogP contribution < -0.4 is 10.1 Å². The zero-order chi connectivity index (χ0) is 13.5. The second-order valence-electron chi connectivity index (χ2n) is 4.29. The molecule has 0 spiro atoms. The molecule has 19 heavy (non-hydrogen) atoms. The molecule has 0 fully saturated rings. The van der Waals surface area contributed by atoms with Crippen molar-refractivity contribution in [1.29, 1.82) is 0 Å². The summed E-state index contributed by atoms with van der Waals surface area (Å²) in [4.78, 5) is 8.32. The van der Waals surface area contributed by atoms with Gasteiger partial charge in [0.05, 0.1) is 18.8 Å². The van der Waals surface area contributed by atoms with Gasteiger partial charge >= 0.3 is 0 Å². The molecule has 1 aromatic carbocycles. The second-order valence-corrected chi connectivity index (χ2v) is 4.29. The Kier molecular flexibility index (Phi) is 4.86. The van der Waals surface area contributed by atoms with Crippen LogP contribution in [0.25, 0.3) is 0 Å². The van der Waals surface area contributed by atoms with Crippen LogP contribution in [0, 0.1) is 0 Å². The SMILES string of the molecule is CCCNC(c1ccc(OC)cc1)c1ccncn1. The van der Waals surface area contributed by atoms with Gasteiger partial charge in [-0.1, -0.05) is 19.1 Å². The monoisotopic (exact) mass is 257 g/mol. The Morgan fingerprint density at radius 3 is 2.58 bits per heavy atom. The lowest BCUT2D eigenvalue weighted by Gasteiger charge is -2.18. The predicted octanol–water partition coefficient (Wildman–Crippen LogP) is 2.57. The van der Waals surface area contributed by atoms with E-state index in [1.807, 2.05) is 18.2 Å². The molecule has 1 unspecified atom stereocenters. The minimum atomic E-state index is 0.0915. The molecule has 0 amide bonds. The van der Waals surface area contributed by atoms with E-state index in [1.165, 1.54) is 5.56 Å². The van der Waals surface area contributed by atoms with Crippen molar-refractivity contribution in [2.45, 2.75) is 19.4 Å². The molecular weight excluding hydrogens is 238 g/mol. The van der Waals surface area contributed by atoms with E-state index in [0.29, 0.717) is 0 Å². The van der Waals surface area contributed by atoms with E-state index in [-0.39, 0.29) is 6.04 Å². The Morgan fingerprint density at radius 1 is 1.21 bits per heavy atom. The van der Waals surface area contributed by atoms with E-state index < -0.39 is 0 Å². The molecule has 0 radical (unpaired) electrons. The highest BCUT2D eigenvalue weighted by molar-refractivity contribution is 5.32. The molecule has 0 bridgehead atoms. The normalized spacial score (nSPS) is 12.1. The van der Waals surface area contributed by atoms with E-state index in [2.05, 4.69) is 34.3 Å². The van der Waals surface area contributed by atoms with E-state index in [4.69, 9.17) is 4.74 Å². The lowest BCUT2D eigenvalue weighted by molar-refractivity contribution is 0.414. The third kappa shape index (κ3) is 3.51. The van der Waals surface area contributed by atoms with Crippen LogP contribution in [0.1, 0.15) is 30.6 Å². The summed E-state index contributed by atoms with van der Waals surface area (Å²) < 4.78 is 5.19. The summed E-state index contributed by atoms with van der Waals surface area (Å²) in [6, 6.07) is 10.1. The molecule has 0 aliphatic carbocycles. The van der Waals surface area contributed by atoms with Gasteiger partial charge in [0.25, 0.3) is 0 Å². The molecule has 1 heterocycles. The third-order valence-corrected chi connectivity index (χ3v) is 2.95. The molecule has 0 saturated heterocycles. The summed E-state index contributed by atoms with van der Waals surface area (Å²) in [5, 5.41) is 3.51. The molecular formula is C15H19N3O. The van der Waals surface area contributed by atoms with E-state index in [1.54, 1.807) is 19.6 Å². The molecule has 4 nitrogen and oxygen atoms in total. The average Bonchev–Trinajstić information content (AvgIpc) is 2.49. The largest absolute Gasteiger partial charge is 0.497 e. The summed E-state index contributed by atoms with van der Waals surface area (Å²) in [5.74, 6) is 0.862. The van der Waals surface area contributed by atoms with Crippen LogP contribution >= 0.6 is 0 Å². The fourth-order valence-corrected chi connectivity index (χ4v) is 1.95. The highest BCUT2D eigenvalue weighted by atomic mass is 16.5. The van der Waals surface area contributed by atoms with Crippen LogP contribution in [0.4, 0.5) is 0 Å². The molecule has 1 N–H and O–H groups in total. The quantitative estimate of drug-likeness (QED) is 0.864. The van der Waals surface area contributed by atoms with Crippen molar-refractivity contribution in [3.8, 4) is 5.75 Å². The van der Waals surface area contributed by atoms with Gasteiger partial charge in [-0.2, -0.15) is 0 Å². The number of aromatic nitrogens is 2. The fourth-order valence-electron chi connectivity index (χ4n) is 1.95. The maximum atomic E-state index is 5.19. The maximum absolute atomic E-state index is 5.19. The highest BCUT2D eigenvalue weighted by Crippen LogP contribution is 2.22. The summed E-state index contributed by atoms with van der Waals surface area (Å²) >= 11 is 0. The Labute approximate surface area is 113 Å². The molecule has 0 aliphatic rings. The maximum Gasteiger partial charge on any atom is 0.118 e. The highest BCUT2D eigenvalue weighted by Gasteiger charge is 2.14. The molecule has 100 valence electrons. The van der Waals surface area contributed by atoms with E-state index in [9.17, 15) is 0 Å². The zero-order valence-corrected chi connectivity index (χ0v) is 11.3. The minimum absolute atomic E-state index is 0.0915. The average molecular weight is 257 g/mol. The first-order valence-corrected chi connectivity index (χ1v) is 6.48. The van der Waals surface area contributed by atoms with Gasteiger partial charge in [0.1, 0.15) is 12.1 Å². The first-order chi connectivity index (χ1) is 9.35. The number of rotatable bonds is 6. The Morgan fingerprint density at radius 2 is 2.00 bits per heavy atom. The van der Waals surface area contributed by atoms with Crippen LogP contribution in [-0.4, -0.2) is 23.6 Å². The van der Waals surface area contributed by atoms with Gasteiger partial charge in [-0.05, 0) is 36.7 Å². The lowest BCUT2D eigenvalue weighted by atomic mass is 10.0. The van der Waals surface area contributed by atoms with Crippen LogP contribution in [0.3, 0.4) is 0 Å². The second kappa shape index (κ2) is 6.85. The Balaban J connectivity index is 2.26. The van der Waals surface area contributed by atoms with Gasteiger partial charge in [-0.25, -0.2) is 9.97 Å². The van der Waals surface area contributed by atoms with Gasteiger partial charge in [0.15, 0.2) is 0 Å². The predicted molar refractivity (Wildman–Crippen MR) is 75.2 cm³/mol. The van der Waals surface area contributed by atoms with Gasteiger partial charge in [-0.3, -0.25) is 0 Å². The smallest absolute Gasteiger partial charge is 0.118 e. The van der Waals surface area contributed by atoms with Gasteiger partial charge in [-0.15, -0.1) is 0 Å². The molecule has 0 aliphatic heterocycles.